The molecule has 0 radical (unpaired) electrons. The largest absolute Gasteiger partial charge is 0.458 e. The molecule has 0 aliphatic heterocycles. The maximum atomic E-state index is 10.8. The number of hydrogen-bond donors (Lipinski definition) is 0. The average Bonchev–Trinajstić information content (AvgIpc) is 2.16. The van der Waals surface area contributed by atoms with Crippen LogP contribution in [-0.4, -0.2) is 17.9 Å². The van der Waals surface area contributed by atoms with E-state index in [1.54, 1.807) is 6.92 Å². The summed E-state index contributed by atoms with van der Waals surface area (Å²) in [7, 11) is 0. The third-order valence-electron chi connectivity index (χ3n) is 2.14. The first-order valence-electron chi connectivity index (χ1n) is 5.89. The van der Waals surface area contributed by atoms with Gasteiger partial charge in [0, 0.05) is 13.3 Å². The molecule has 16 heavy (non-hydrogen) atoms. The highest BCUT2D eigenvalue weighted by Crippen LogP contribution is 2.06. The fraction of sp³-hybridized carbons (Fsp3) is 0.692. The predicted octanol–water partition coefficient (Wildman–Crippen LogP) is 3.03. The molecule has 0 aromatic rings. The van der Waals surface area contributed by atoms with Crippen LogP contribution in [0.5, 0.6) is 0 Å². The summed E-state index contributed by atoms with van der Waals surface area (Å²) in [4.78, 5) is 21.5. The van der Waals surface area contributed by atoms with Crippen molar-refractivity contribution in [1.82, 2.24) is 0 Å². The van der Waals surface area contributed by atoms with Crippen molar-refractivity contribution in [3.8, 4) is 0 Å². The summed E-state index contributed by atoms with van der Waals surface area (Å²) in [5.74, 6) is -0.0228. The van der Waals surface area contributed by atoms with Gasteiger partial charge >= 0.3 is 5.97 Å². The molecule has 0 bridgehead atoms. The van der Waals surface area contributed by atoms with Crippen LogP contribution in [0.25, 0.3) is 0 Å². The van der Waals surface area contributed by atoms with E-state index in [2.05, 4.69) is 6.92 Å². The number of hydrogen-bond acceptors (Lipinski definition) is 3. The molecular formula is C13H22O3. The molecule has 0 spiro atoms. The highest BCUT2D eigenvalue weighted by atomic mass is 16.5. The lowest BCUT2D eigenvalue weighted by Gasteiger charge is -2.11. The van der Waals surface area contributed by atoms with Gasteiger partial charge in [-0.05, 0) is 32.3 Å². The van der Waals surface area contributed by atoms with Crippen molar-refractivity contribution in [2.75, 3.05) is 0 Å². The molecule has 0 aliphatic rings. The van der Waals surface area contributed by atoms with Gasteiger partial charge in [-0.3, -0.25) is 4.79 Å². The Kier molecular flexibility index (Phi) is 8.49. The molecule has 0 saturated heterocycles. The van der Waals surface area contributed by atoms with Crippen LogP contribution in [0.3, 0.4) is 0 Å². The minimum absolute atomic E-state index is 0.111. The van der Waals surface area contributed by atoms with Crippen LogP contribution < -0.4 is 0 Å². The third kappa shape index (κ3) is 9.44. The number of unbranched alkanes of at least 4 members (excludes halogenated alkanes) is 1. The maximum Gasteiger partial charge on any atom is 0.303 e. The van der Waals surface area contributed by atoms with Crippen molar-refractivity contribution in [3.63, 3.8) is 0 Å². The van der Waals surface area contributed by atoms with Crippen LogP contribution >= 0.6 is 0 Å². The lowest BCUT2D eigenvalue weighted by molar-refractivity contribution is -0.144. The van der Waals surface area contributed by atoms with Gasteiger partial charge in [0.1, 0.15) is 11.9 Å². The smallest absolute Gasteiger partial charge is 0.303 e. The molecular weight excluding hydrogens is 204 g/mol. The van der Waals surface area contributed by atoms with Crippen LogP contribution in [0.4, 0.5) is 0 Å². The number of carbonyl (C=O) groups is 2. The Bertz CT molecular complexity index is 244. The zero-order chi connectivity index (χ0) is 12.4. The molecule has 1 unspecified atom stereocenters. The summed E-state index contributed by atoms with van der Waals surface area (Å²) < 4.78 is 5.13. The summed E-state index contributed by atoms with van der Waals surface area (Å²) in [6.07, 6.45) is 7.98. The first kappa shape index (κ1) is 14.9. The van der Waals surface area contributed by atoms with E-state index in [4.69, 9.17) is 4.74 Å². The first-order chi connectivity index (χ1) is 7.56. The topological polar surface area (TPSA) is 43.4 Å². The Morgan fingerprint density at radius 3 is 2.50 bits per heavy atom. The second kappa shape index (κ2) is 9.13. The standard InChI is InChI=1S/C13H22O3/c1-4-8-13(16-12(3)15)10-7-5-6-9-11(2)14/h7,10,13H,4-6,8-9H2,1-3H3/b10-7+. The Labute approximate surface area is 97.9 Å². The molecule has 0 saturated carbocycles. The fourth-order valence-corrected chi connectivity index (χ4v) is 1.41. The first-order valence-corrected chi connectivity index (χ1v) is 5.89. The SMILES string of the molecule is CCCC(/C=C/CCCC(C)=O)OC(C)=O. The molecule has 3 nitrogen and oxygen atoms in total. The maximum absolute atomic E-state index is 10.8. The molecule has 0 aromatic carbocycles. The second-order valence-corrected chi connectivity index (χ2v) is 3.96. The molecule has 0 rings (SSSR count). The second-order valence-electron chi connectivity index (χ2n) is 3.96. The van der Waals surface area contributed by atoms with E-state index in [0.717, 1.165) is 25.7 Å². The molecule has 0 heterocycles. The minimum atomic E-state index is -0.244. The molecule has 1 atom stereocenters. The molecule has 0 fully saturated rings. The zero-order valence-corrected chi connectivity index (χ0v) is 10.5. The monoisotopic (exact) mass is 226 g/mol. The number of esters is 1. The van der Waals surface area contributed by atoms with Crippen molar-refractivity contribution >= 4 is 11.8 Å². The van der Waals surface area contributed by atoms with Gasteiger partial charge < -0.3 is 9.53 Å². The summed E-state index contributed by atoms with van der Waals surface area (Å²) in [6.45, 7) is 5.08. The Hall–Kier alpha value is -1.12. The van der Waals surface area contributed by atoms with Gasteiger partial charge in [-0.25, -0.2) is 0 Å². The Morgan fingerprint density at radius 1 is 1.31 bits per heavy atom. The van der Waals surface area contributed by atoms with E-state index in [0.29, 0.717) is 6.42 Å². The summed E-state index contributed by atoms with van der Waals surface area (Å²) in [5, 5.41) is 0. The van der Waals surface area contributed by atoms with Crippen LogP contribution in [0.1, 0.15) is 52.9 Å². The zero-order valence-electron chi connectivity index (χ0n) is 10.5. The van der Waals surface area contributed by atoms with Crippen molar-refractivity contribution in [3.05, 3.63) is 12.2 Å². The lowest BCUT2D eigenvalue weighted by atomic mass is 10.1. The lowest BCUT2D eigenvalue weighted by Crippen LogP contribution is -2.13. The number of rotatable bonds is 8. The summed E-state index contributed by atoms with van der Waals surface area (Å²) in [6, 6.07) is 0. The third-order valence-corrected chi connectivity index (χ3v) is 2.14. The van der Waals surface area contributed by atoms with Crippen LogP contribution in [0, 0.1) is 0 Å². The molecule has 0 amide bonds. The van der Waals surface area contributed by atoms with Gasteiger partial charge in [0.25, 0.3) is 0 Å². The van der Waals surface area contributed by atoms with E-state index in [9.17, 15) is 9.59 Å². The highest BCUT2D eigenvalue weighted by Gasteiger charge is 2.05. The number of allylic oxidation sites excluding steroid dienone is 1. The van der Waals surface area contributed by atoms with E-state index < -0.39 is 0 Å². The average molecular weight is 226 g/mol. The number of carbonyl (C=O) groups excluding carboxylic acids is 2. The van der Waals surface area contributed by atoms with Gasteiger partial charge in [-0.2, -0.15) is 0 Å². The molecule has 0 aromatic heterocycles. The van der Waals surface area contributed by atoms with Gasteiger partial charge in [0.15, 0.2) is 0 Å². The summed E-state index contributed by atoms with van der Waals surface area (Å²) in [5.41, 5.74) is 0. The fourth-order valence-electron chi connectivity index (χ4n) is 1.41. The van der Waals surface area contributed by atoms with Crippen LogP contribution in [0.2, 0.25) is 0 Å². The van der Waals surface area contributed by atoms with Crippen molar-refractivity contribution in [2.24, 2.45) is 0 Å². The van der Waals surface area contributed by atoms with Crippen molar-refractivity contribution in [1.29, 1.82) is 0 Å². The van der Waals surface area contributed by atoms with E-state index in [1.165, 1.54) is 6.92 Å². The van der Waals surface area contributed by atoms with Crippen molar-refractivity contribution < 1.29 is 14.3 Å². The van der Waals surface area contributed by atoms with Gasteiger partial charge in [0.05, 0.1) is 0 Å². The van der Waals surface area contributed by atoms with Gasteiger partial charge in [-0.15, -0.1) is 0 Å². The Balaban J connectivity index is 3.83. The van der Waals surface area contributed by atoms with Crippen LogP contribution in [-0.2, 0) is 14.3 Å². The number of Topliss-reactive ketones (excluding diaryl/α,β-unsaturated/α-hetero) is 1. The molecule has 0 aliphatic carbocycles. The van der Waals surface area contributed by atoms with E-state index in [-0.39, 0.29) is 17.9 Å². The molecule has 92 valence electrons. The molecule has 0 N–H and O–H groups in total. The van der Waals surface area contributed by atoms with Gasteiger partial charge in [-0.1, -0.05) is 19.4 Å². The van der Waals surface area contributed by atoms with Crippen LogP contribution in [0.15, 0.2) is 12.2 Å². The van der Waals surface area contributed by atoms with E-state index >= 15 is 0 Å². The van der Waals surface area contributed by atoms with Crippen molar-refractivity contribution in [2.45, 2.75) is 59.0 Å². The highest BCUT2D eigenvalue weighted by molar-refractivity contribution is 5.75. The number of ether oxygens (including phenoxy) is 1. The van der Waals surface area contributed by atoms with Gasteiger partial charge in [0.2, 0.25) is 0 Å². The minimum Gasteiger partial charge on any atom is -0.458 e. The quantitative estimate of drug-likeness (QED) is 0.363. The predicted molar refractivity (Wildman–Crippen MR) is 64.1 cm³/mol. The number of ketones is 1. The Morgan fingerprint density at radius 2 is 2.00 bits per heavy atom. The normalized spacial score (nSPS) is 12.7. The summed E-state index contributed by atoms with van der Waals surface area (Å²) >= 11 is 0. The van der Waals surface area contributed by atoms with E-state index in [1.807, 2.05) is 12.2 Å². The molecule has 3 heteroatoms.